The fraction of sp³-hybridized carbons (Fsp3) is 0.263. The molecular weight excluding hydrogens is 373 g/mol. The van der Waals surface area contributed by atoms with Crippen molar-refractivity contribution in [3.63, 3.8) is 0 Å². The van der Waals surface area contributed by atoms with Crippen LogP contribution in [0.25, 0.3) is 0 Å². The maximum Gasteiger partial charge on any atom is 0.313 e. The van der Waals surface area contributed by atoms with Crippen LogP contribution in [-0.2, 0) is 16.0 Å². The molecule has 6 nitrogen and oxygen atoms in total. The van der Waals surface area contributed by atoms with E-state index in [0.29, 0.717) is 5.56 Å². The topological polar surface area (TPSA) is 81.7 Å². The van der Waals surface area contributed by atoms with Gasteiger partial charge in [-0.2, -0.15) is 0 Å². The number of benzene rings is 2. The van der Waals surface area contributed by atoms with E-state index in [1.54, 1.807) is 6.07 Å². The van der Waals surface area contributed by atoms with Crippen LogP contribution in [0.1, 0.15) is 17.2 Å². The van der Waals surface area contributed by atoms with Crippen LogP contribution in [0.2, 0.25) is 5.02 Å². The average Bonchev–Trinajstić information content (AvgIpc) is 3.02. The number of nitrogens with zero attached hydrogens (tertiary/aromatic N) is 1. The van der Waals surface area contributed by atoms with Crippen LogP contribution in [-0.4, -0.2) is 37.1 Å². The van der Waals surface area contributed by atoms with E-state index in [2.05, 4.69) is 15.5 Å². The van der Waals surface area contributed by atoms with Gasteiger partial charge in [-0.25, -0.2) is 4.39 Å². The van der Waals surface area contributed by atoms with Crippen molar-refractivity contribution in [2.24, 2.45) is 0 Å². The van der Waals surface area contributed by atoms with Gasteiger partial charge >= 0.3 is 11.8 Å². The predicted octanol–water partition coefficient (Wildman–Crippen LogP) is 2.26. The van der Waals surface area contributed by atoms with Crippen LogP contribution >= 0.6 is 11.6 Å². The highest BCUT2D eigenvalue weighted by molar-refractivity contribution is 6.39. The third-order valence-electron chi connectivity index (χ3n) is 4.46. The van der Waals surface area contributed by atoms with Crippen LogP contribution in [0.3, 0.4) is 0 Å². The number of fused-ring (bicyclic) bond motifs is 1. The van der Waals surface area contributed by atoms with Crippen LogP contribution in [0.4, 0.5) is 15.8 Å². The molecule has 0 aromatic heterocycles. The lowest BCUT2D eigenvalue weighted by Gasteiger charge is -2.15. The number of anilines is 2. The first kappa shape index (κ1) is 19.1. The molecular formula is C19H19ClFN3O3. The molecule has 0 saturated carbocycles. The summed E-state index contributed by atoms with van der Waals surface area (Å²) < 4.78 is 13.1. The van der Waals surface area contributed by atoms with Crippen LogP contribution in [0.15, 0.2) is 36.4 Å². The van der Waals surface area contributed by atoms with Crippen LogP contribution in [0.5, 0.6) is 0 Å². The Hall–Kier alpha value is -2.64. The number of rotatable bonds is 4. The molecule has 27 heavy (non-hydrogen) atoms. The second kappa shape index (κ2) is 7.94. The van der Waals surface area contributed by atoms with Gasteiger partial charge in [-0.3, -0.25) is 9.59 Å². The van der Waals surface area contributed by atoms with Crippen molar-refractivity contribution < 1.29 is 19.1 Å². The predicted molar refractivity (Wildman–Crippen MR) is 101 cm³/mol. The quantitative estimate of drug-likeness (QED) is 0.698. The van der Waals surface area contributed by atoms with E-state index >= 15 is 0 Å². The summed E-state index contributed by atoms with van der Waals surface area (Å²) in [7, 11) is 2.01. The van der Waals surface area contributed by atoms with Gasteiger partial charge in [0.2, 0.25) is 0 Å². The van der Waals surface area contributed by atoms with E-state index in [0.717, 1.165) is 30.3 Å². The second-order valence-electron chi connectivity index (χ2n) is 6.37. The Morgan fingerprint density at radius 3 is 2.78 bits per heavy atom. The summed E-state index contributed by atoms with van der Waals surface area (Å²) in [6, 6.07) is 9.24. The Balaban J connectivity index is 1.55. The van der Waals surface area contributed by atoms with E-state index in [-0.39, 0.29) is 17.3 Å². The number of halogens is 2. The number of carbonyl (C=O) groups excluding carboxylic acids is 2. The Kier molecular flexibility index (Phi) is 5.62. The Morgan fingerprint density at radius 2 is 2.04 bits per heavy atom. The van der Waals surface area contributed by atoms with Crippen molar-refractivity contribution in [3.8, 4) is 0 Å². The van der Waals surface area contributed by atoms with Crippen molar-refractivity contribution in [1.82, 2.24) is 5.32 Å². The Morgan fingerprint density at radius 1 is 1.26 bits per heavy atom. The summed E-state index contributed by atoms with van der Waals surface area (Å²) >= 11 is 5.63. The number of nitrogens with one attached hydrogen (secondary N) is 2. The van der Waals surface area contributed by atoms with Gasteiger partial charge in [0.25, 0.3) is 0 Å². The average molecular weight is 392 g/mol. The molecule has 0 aliphatic carbocycles. The van der Waals surface area contributed by atoms with E-state index in [9.17, 15) is 19.1 Å². The highest BCUT2D eigenvalue weighted by Crippen LogP contribution is 2.29. The number of carbonyl (C=O) groups is 2. The summed E-state index contributed by atoms with van der Waals surface area (Å²) in [5.41, 5.74) is 3.15. The zero-order chi connectivity index (χ0) is 19.6. The van der Waals surface area contributed by atoms with Crippen molar-refractivity contribution in [2.45, 2.75) is 12.5 Å². The molecule has 8 heteroatoms. The summed E-state index contributed by atoms with van der Waals surface area (Å²) in [6.07, 6.45) is -0.0280. The van der Waals surface area contributed by atoms with Crippen molar-refractivity contribution >= 4 is 34.8 Å². The van der Waals surface area contributed by atoms with Gasteiger partial charge in [0.15, 0.2) is 0 Å². The number of aliphatic hydroxyl groups is 1. The molecule has 2 amide bonds. The summed E-state index contributed by atoms with van der Waals surface area (Å²) in [4.78, 5) is 26.0. The first-order chi connectivity index (χ1) is 12.8. The number of aliphatic hydroxyl groups excluding tert-OH is 1. The zero-order valence-electron chi connectivity index (χ0n) is 14.6. The molecule has 1 aliphatic heterocycles. The first-order valence-electron chi connectivity index (χ1n) is 8.41. The Labute approximate surface area is 160 Å². The lowest BCUT2D eigenvalue weighted by Crippen LogP contribution is -2.37. The minimum absolute atomic E-state index is 0.106. The highest BCUT2D eigenvalue weighted by Gasteiger charge is 2.20. The lowest BCUT2D eigenvalue weighted by atomic mass is 10.0. The third kappa shape index (κ3) is 4.37. The number of hydrogen-bond acceptors (Lipinski definition) is 4. The molecule has 0 unspecified atom stereocenters. The molecule has 3 N–H and O–H groups in total. The third-order valence-corrected chi connectivity index (χ3v) is 4.75. The largest absolute Gasteiger partial charge is 0.387 e. The molecule has 1 atom stereocenters. The van der Waals surface area contributed by atoms with Crippen molar-refractivity contribution in [1.29, 1.82) is 0 Å². The SMILES string of the molecule is CN1CCc2cc([C@H](O)CNC(=O)C(=O)Nc3ccc(F)c(Cl)c3)ccc21. The minimum atomic E-state index is -0.932. The van der Waals surface area contributed by atoms with Gasteiger partial charge in [0.1, 0.15) is 5.82 Å². The molecule has 0 spiro atoms. The fourth-order valence-corrected chi connectivity index (χ4v) is 3.12. The molecule has 1 aliphatic rings. The zero-order valence-corrected chi connectivity index (χ0v) is 15.4. The van der Waals surface area contributed by atoms with Gasteiger partial charge in [0.05, 0.1) is 11.1 Å². The maximum absolute atomic E-state index is 13.1. The molecule has 2 aromatic carbocycles. The summed E-state index contributed by atoms with van der Waals surface area (Å²) in [6.45, 7) is 0.824. The fourth-order valence-electron chi connectivity index (χ4n) is 2.94. The molecule has 0 fully saturated rings. The second-order valence-corrected chi connectivity index (χ2v) is 6.78. The number of hydrogen-bond donors (Lipinski definition) is 3. The van der Waals surface area contributed by atoms with Crippen LogP contribution in [0, 0.1) is 5.82 Å². The van der Waals surface area contributed by atoms with Gasteiger partial charge in [-0.05, 0) is 41.8 Å². The van der Waals surface area contributed by atoms with Gasteiger partial charge in [-0.15, -0.1) is 0 Å². The summed E-state index contributed by atoms with van der Waals surface area (Å²) in [5.74, 6) is -2.46. The molecule has 2 aromatic rings. The van der Waals surface area contributed by atoms with E-state index in [1.807, 2.05) is 19.2 Å². The van der Waals surface area contributed by atoms with Gasteiger partial charge in [0, 0.05) is 31.5 Å². The van der Waals surface area contributed by atoms with Crippen molar-refractivity contribution in [2.75, 3.05) is 30.4 Å². The van der Waals surface area contributed by atoms with E-state index in [1.165, 1.54) is 12.1 Å². The minimum Gasteiger partial charge on any atom is -0.387 e. The lowest BCUT2D eigenvalue weighted by molar-refractivity contribution is -0.136. The van der Waals surface area contributed by atoms with Gasteiger partial charge in [-0.1, -0.05) is 23.7 Å². The molecule has 3 rings (SSSR count). The van der Waals surface area contributed by atoms with E-state index < -0.39 is 23.7 Å². The number of amides is 2. The maximum atomic E-state index is 13.1. The van der Waals surface area contributed by atoms with Crippen LogP contribution < -0.4 is 15.5 Å². The molecule has 0 radical (unpaired) electrons. The monoisotopic (exact) mass is 391 g/mol. The van der Waals surface area contributed by atoms with E-state index in [4.69, 9.17) is 11.6 Å². The molecule has 0 bridgehead atoms. The molecule has 1 heterocycles. The molecule has 0 saturated heterocycles. The smallest absolute Gasteiger partial charge is 0.313 e. The highest BCUT2D eigenvalue weighted by atomic mass is 35.5. The summed E-state index contributed by atoms with van der Waals surface area (Å²) in [5, 5.41) is 14.8. The van der Waals surface area contributed by atoms with Crippen molar-refractivity contribution in [3.05, 3.63) is 58.4 Å². The normalized spacial score (nSPS) is 13.9. The molecule has 142 valence electrons. The standard InChI is InChI=1S/C19H19ClFN3O3/c1-24-7-6-11-8-12(2-5-16(11)24)17(25)10-22-18(26)19(27)23-13-3-4-15(21)14(20)9-13/h2-5,8-9,17,25H,6-7,10H2,1H3,(H,22,26)(H,23,27)/t17-/m1/s1. The number of likely N-dealkylation sites (N-methyl/N-ethyl adjacent to an activating group) is 1. The van der Waals surface area contributed by atoms with Gasteiger partial charge < -0.3 is 20.6 Å². The Bertz CT molecular complexity index is 890. The first-order valence-corrected chi connectivity index (χ1v) is 8.79.